The number of nitrogens with one attached hydrogen (secondary N) is 1. The molecule has 0 unspecified atom stereocenters. The monoisotopic (exact) mass is 345 g/mol. The summed E-state index contributed by atoms with van der Waals surface area (Å²) >= 11 is 5.58. The Hall–Kier alpha value is -2.73. The van der Waals surface area contributed by atoms with Crippen LogP contribution in [0.4, 0.5) is 10.3 Å². The van der Waals surface area contributed by atoms with E-state index in [1.54, 1.807) is 36.7 Å². The first-order valence-electron chi connectivity index (χ1n) is 7.21. The van der Waals surface area contributed by atoms with Gasteiger partial charge in [0.25, 0.3) is 0 Å². The van der Waals surface area contributed by atoms with Crippen molar-refractivity contribution in [2.24, 2.45) is 0 Å². The number of aromatic nitrogens is 2. The van der Waals surface area contributed by atoms with Crippen LogP contribution in [0.3, 0.4) is 0 Å². The summed E-state index contributed by atoms with van der Waals surface area (Å²) in [5.74, 6) is -0.198. The van der Waals surface area contributed by atoms with E-state index in [2.05, 4.69) is 15.5 Å². The molecule has 7 heteroatoms. The predicted octanol–water partition coefficient (Wildman–Crippen LogP) is 4.11. The van der Waals surface area contributed by atoms with Gasteiger partial charge >= 0.3 is 0 Å². The van der Waals surface area contributed by atoms with Crippen LogP contribution in [-0.2, 0) is 4.79 Å². The summed E-state index contributed by atoms with van der Waals surface area (Å²) in [6.07, 6.45) is 3.41. The van der Waals surface area contributed by atoms with Gasteiger partial charge in [-0.25, -0.2) is 4.39 Å². The minimum atomic E-state index is -0.344. The number of alkyl halides is 1. The van der Waals surface area contributed by atoms with Gasteiger partial charge in [-0.05, 0) is 42.0 Å². The van der Waals surface area contributed by atoms with Crippen molar-refractivity contribution in [1.82, 2.24) is 10.1 Å². The highest BCUT2D eigenvalue weighted by Gasteiger charge is 2.21. The molecule has 24 heavy (non-hydrogen) atoms. The first kappa shape index (κ1) is 16.1. The number of anilines is 1. The third-order valence-corrected chi connectivity index (χ3v) is 3.54. The molecule has 0 bridgehead atoms. The summed E-state index contributed by atoms with van der Waals surface area (Å²) in [7, 11) is 0. The number of carbonyl (C=O) groups excluding carboxylic acids is 1. The van der Waals surface area contributed by atoms with E-state index in [4.69, 9.17) is 16.1 Å². The van der Waals surface area contributed by atoms with Crippen molar-refractivity contribution in [2.75, 3.05) is 11.2 Å². The molecule has 3 rings (SSSR count). The molecule has 0 spiro atoms. The van der Waals surface area contributed by atoms with Crippen molar-refractivity contribution < 1.29 is 13.7 Å². The topological polar surface area (TPSA) is 68.0 Å². The van der Waals surface area contributed by atoms with E-state index in [-0.39, 0.29) is 29.9 Å². The molecule has 1 amide bonds. The number of hydrogen-bond acceptors (Lipinski definition) is 4. The first-order chi connectivity index (χ1) is 11.7. The van der Waals surface area contributed by atoms with E-state index in [0.717, 1.165) is 5.56 Å². The quantitative estimate of drug-likeness (QED) is 0.706. The molecule has 122 valence electrons. The zero-order valence-electron chi connectivity index (χ0n) is 12.5. The molecule has 5 nitrogen and oxygen atoms in total. The van der Waals surface area contributed by atoms with Crippen molar-refractivity contribution in [3.63, 3.8) is 0 Å². The second-order valence-corrected chi connectivity index (χ2v) is 5.34. The standard InChI is InChI=1S/C17H13ClFN3O2/c18-8-5-14(23)21-17-15(11-6-9-20-10-7-11)16(22-24-17)12-1-3-13(19)4-2-12/h1-4,6-7,9-10H,5,8H2,(H,21,23). The molecule has 0 saturated carbocycles. The molecule has 0 radical (unpaired) electrons. The Kier molecular flexibility index (Phi) is 4.86. The second kappa shape index (κ2) is 7.23. The lowest BCUT2D eigenvalue weighted by Crippen LogP contribution is -2.11. The molecule has 3 aromatic rings. The van der Waals surface area contributed by atoms with Crippen LogP contribution in [0.1, 0.15) is 6.42 Å². The average Bonchev–Trinajstić information content (AvgIpc) is 3.00. The maximum atomic E-state index is 13.2. The molecule has 1 N–H and O–H groups in total. The number of benzene rings is 1. The van der Waals surface area contributed by atoms with Crippen molar-refractivity contribution in [3.05, 3.63) is 54.6 Å². The molecule has 0 saturated heterocycles. The van der Waals surface area contributed by atoms with Crippen LogP contribution in [0.5, 0.6) is 0 Å². The maximum Gasteiger partial charge on any atom is 0.239 e. The highest BCUT2D eigenvalue weighted by molar-refractivity contribution is 6.19. The van der Waals surface area contributed by atoms with Gasteiger partial charge in [0, 0.05) is 30.3 Å². The van der Waals surface area contributed by atoms with Gasteiger partial charge in [0.05, 0.1) is 5.56 Å². The summed E-state index contributed by atoms with van der Waals surface area (Å²) in [4.78, 5) is 15.8. The number of halogens is 2. The number of pyridine rings is 1. The lowest BCUT2D eigenvalue weighted by molar-refractivity contribution is -0.115. The summed E-state index contributed by atoms with van der Waals surface area (Å²) in [5, 5.41) is 6.70. The number of hydrogen-bond donors (Lipinski definition) is 1. The average molecular weight is 346 g/mol. The number of nitrogens with zero attached hydrogens (tertiary/aromatic N) is 2. The highest BCUT2D eigenvalue weighted by Crippen LogP contribution is 2.37. The first-order valence-corrected chi connectivity index (χ1v) is 7.74. The van der Waals surface area contributed by atoms with Crippen LogP contribution in [0.2, 0.25) is 0 Å². The SMILES string of the molecule is O=C(CCCl)Nc1onc(-c2ccc(F)cc2)c1-c1ccncc1. The second-order valence-electron chi connectivity index (χ2n) is 4.97. The highest BCUT2D eigenvalue weighted by atomic mass is 35.5. The zero-order valence-corrected chi connectivity index (χ0v) is 13.3. The van der Waals surface area contributed by atoms with Gasteiger partial charge < -0.3 is 4.52 Å². The molecule has 0 fully saturated rings. The molecular formula is C17H13ClFN3O2. The van der Waals surface area contributed by atoms with Gasteiger partial charge in [0.2, 0.25) is 11.8 Å². The van der Waals surface area contributed by atoms with Gasteiger partial charge in [-0.1, -0.05) is 5.16 Å². The van der Waals surface area contributed by atoms with Crippen molar-refractivity contribution in [2.45, 2.75) is 6.42 Å². The van der Waals surface area contributed by atoms with Crippen LogP contribution in [0, 0.1) is 5.82 Å². The Morgan fingerprint density at radius 3 is 2.50 bits per heavy atom. The Balaban J connectivity index is 2.08. The normalized spacial score (nSPS) is 10.6. The molecule has 0 aliphatic heterocycles. The fourth-order valence-corrected chi connectivity index (χ4v) is 2.41. The van der Waals surface area contributed by atoms with Crippen LogP contribution in [-0.4, -0.2) is 21.9 Å². The van der Waals surface area contributed by atoms with Crippen LogP contribution in [0.15, 0.2) is 53.3 Å². The molecule has 0 aliphatic rings. The van der Waals surface area contributed by atoms with Crippen LogP contribution < -0.4 is 5.32 Å². The van der Waals surface area contributed by atoms with Crippen molar-refractivity contribution in [3.8, 4) is 22.4 Å². The number of rotatable bonds is 5. The minimum Gasteiger partial charge on any atom is -0.337 e. The van der Waals surface area contributed by atoms with E-state index in [9.17, 15) is 9.18 Å². The molecule has 0 aliphatic carbocycles. The predicted molar refractivity (Wildman–Crippen MR) is 89.1 cm³/mol. The summed E-state index contributed by atoms with van der Waals surface area (Å²) in [5.41, 5.74) is 2.55. The Morgan fingerprint density at radius 1 is 1.12 bits per heavy atom. The summed E-state index contributed by atoms with van der Waals surface area (Å²) in [6, 6.07) is 9.43. The fraction of sp³-hybridized carbons (Fsp3) is 0.118. The van der Waals surface area contributed by atoms with Crippen molar-refractivity contribution >= 4 is 23.4 Å². The van der Waals surface area contributed by atoms with Gasteiger partial charge in [0.15, 0.2) is 0 Å². The number of amides is 1. The summed E-state index contributed by atoms with van der Waals surface area (Å²) in [6.45, 7) is 0. The van der Waals surface area contributed by atoms with Gasteiger partial charge in [-0.15, -0.1) is 11.6 Å². The van der Waals surface area contributed by atoms with Gasteiger partial charge in [-0.2, -0.15) is 0 Å². The molecule has 0 atom stereocenters. The molecular weight excluding hydrogens is 333 g/mol. The van der Waals surface area contributed by atoms with E-state index in [1.807, 2.05) is 0 Å². The fourth-order valence-electron chi connectivity index (χ4n) is 2.24. The van der Waals surface area contributed by atoms with E-state index in [1.165, 1.54) is 12.1 Å². The Bertz CT molecular complexity index is 835. The van der Waals surface area contributed by atoms with E-state index >= 15 is 0 Å². The lowest BCUT2D eigenvalue weighted by atomic mass is 10.0. The third kappa shape index (κ3) is 3.44. The van der Waals surface area contributed by atoms with Crippen LogP contribution in [0.25, 0.3) is 22.4 Å². The van der Waals surface area contributed by atoms with Gasteiger partial charge in [-0.3, -0.25) is 15.1 Å². The number of carbonyl (C=O) groups is 1. The summed E-state index contributed by atoms with van der Waals surface area (Å²) < 4.78 is 18.5. The zero-order chi connectivity index (χ0) is 16.9. The molecule has 1 aromatic carbocycles. The Morgan fingerprint density at radius 2 is 1.83 bits per heavy atom. The molecule has 2 heterocycles. The van der Waals surface area contributed by atoms with Crippen LogP contribution >= 0.6 is 11.6 Å². The lowest BCUT2D eigenvalue weighted by Gasteiger charge is -2.05. The van der Waals surface area contributed by atoms with Crippen molar-refractivity contribution in [1.29, 1.82) is 0 Å². The molecule has 2 aromatic heterocycles. The van der Waals surface area contributed by atoms with E-state index < -0.39 is 0 Å². The maximum absolute atomic E-state index is 13.2. The minimum absolute atomic E-state index is 0.157. The Labute approximate surface area is 142 Å². The smallest absolute Gasteiger partial charge is 0.239 e. The van der Waals surface area contributed by atoms with E-state index in [0.29, 0.717) is 16.8 Å². The largest absolute Gasteiger partial charge is 0.337 e. The third-order valence-electron chi connectivity index (χ3n) is 3.35. The van der Waals surface area contributed by atoms with Gasteiger partial charge in [0.1, 0.15) is 11.5 Å².